The zero-order valence-electron chi connectivity index (χ0n) is 6.16. The van der Waals surface area contributed by atoms with E-state index in [1.54, 1.807) is 12.1 Å². The Bertz CT molecular complexity index is 330. The average molecular weight is 250 g/mol. The van der Waals surface area contributed by atoms with E-state index in [-0.39, 0.29) is 0 Å². The number of alkyl halides is 1. The Hall–Kier alpha value is -0.550. The highest BCUT2D eigenvalue weighted by Gasteiger charge is 1.98. The van der Waals surface area contributed by atoms with Crippen molar-refractivity contribution in [3.05, 3.63) is 29.8 Å². The summed E-state index contributed by atoms with van der Waals surface area (Å²) in [6.07, 6.45) is 0. The van der Waals surface area contributed by atoms with E-state index >= 15 is 0 Å². The summed E-state index contributed by atoms with van der Waals surface area (Å²) in [7, 11) is -2.57. The molecular formula is C7H8BrNO2S. The van der Waals surface area contributed by atoms with Crippen LogP contribution in [0.4, 0.5) is 5.69 Å². The predicted molar refractivity (Wildman–Crippen MR) is 53.0 cm³/mol. The van der Waals surface area contributed by atoms with Gasteiger partial charge in [-0.2, -0.15) is 0 Å². The Labute approximate surface area is 81.0 Å². The number of halogens is 1. The minimum Gasteiger partial charge on any atom is -0.285 e. The Morgan fingerprint density at radius 1 is 1.33 bits per heavy atom. The standard InChI is InChI=1S/C7H8BrNO2S/c8-5-6-3-1-2-4-7(6)9-12(10)11/h1-4,12H,5H2,(H,9,10,11). The largest absolute Gasteiger partial charge is 0.285 e. The molecule has 1 aromatic rings. The Morgan fingerprint density at radius 3 is 2.58 bits per heavy atom. The molecule has 0 saturated heterocycles. The van der Waals surface area contributed by atoms with E-state index in [0.29, 0.717) is 11.0 Å². The molecule has 3 nitrogen and oxygen atoms in total. The molecule has 12 heavy (non-hydrogen) atoms. The first kappa shape index (κ1) is 9.54. The number of rotatable bonds is 3. The lowest BCUT2D eigenvalue weighted by atomic mass is 10.2. The van der Waals surface area contributed by atoms with Crippen molar-refractivity contribution in [3.8, 4) is 0 Å². The topological polar surface area (TPSA) is 46.2 Å². The Morgan fingerprint density at radius 2 is 2.00 bits per heavy atom. The minimum absolute atomic E-state index is 0.630. The van der Waals surface area contributed by atoms with E-state index in [1.807, 2.05) is 12.1 Å². The highest BCUT2D eigenvalue weighted by Crippen LogP contribution is 2.17. The molecular weight excluding hydrogens is 242 g/mol. The van der Waals surface area contributed by atoms with Gasteiger partial charge in [0, 0.05) is 5.33 Å². The van der Waals surface area contributed by atoms with Crippen molar-refractivity contribution in [2.24, 2.45) is 0 Å². The van der Waals surface area contributed by atoms with Crippen molar-refractivity contribution < 1.29 is 8.42 Å². The summed E-state index contributed by atoms with van der Waals surface area (Å²) in [4.78, 5) is 0. The van der Waals surface area contributed by atoms with Gasteiger partial charge in [-0.3, -0.25) is 4.72 Å². The first-order chi connectivity index (χ1) is 5.74. The van der Waals surface area contributed by atoms with Crippen molar-refractivity contribution >= 4 is 32.5 Å². The van der Waals surface area contributed by atoms with Gasteiger partial charge in [-0.15, -0.1) is 0 Å². The quantitative estimate of drug-likeness (QED) is 0.631. The van der Waals surface area contributed by atoms with Gasteiger partial charge in [0.25, 0.3) is 0 Å². The molecule has 5 heteroatoms. The monoisotopic (exact) mass is 249 g/mol. The molecule has 0 aliphatic rings. The molecule has 1 N–H and O–H groups in total. The number of nitrogens with one attached hydrogen (secondary N) is 1. The van der Waals surface area contributed by atoms with E-state index in [1.165, 1.54) is 0 Å². The fourth-order valence-electron chi connectivity index (χ4n) is 0.844. The first-order valence-electron chi connectivity index (χ1n) is 3.29. The Balaban J connectivity index is 2.96. The zero-order chi connectivity index (χ0) is 8.97. The van der Waals surface area contributed by atoms with Crippen LogP contribution in [0.15, 0.2) is 24.3 Å². The van der Waals surface area contributed by atoms with Crippen LogP contribution in [0.25, 0.3) is 0 Å². The average Bonchev–Trinajstić information content (AvgIpc) is 2.04. The van der Waals surface area contributed by atoms with Crippen molar-refractivity contribution in [2.45, 2.75) is 5.33 Å². The fraction of sp³-hybridized carbons (Fsp3) is 0.143. The summed E-state index contributed by atoms with van der Waals surface area (Å²) >= 11 is 3.26. The molecule has 0 spiro atoms. The van der Waals surface area contributed by atoms with Gasteiger partial charge < -0.3 is 0 Å². The van der Waals surface area contributed by atoms with Crippen LogP contribution in [-0.2, 0) is 16.2 Å². The van der Waals surface area contributed by atoms with E-state index in [4.69, 9.17) is 0 Å². The molecule has 0 amide bonds. The van der Waals surface area contributed by atoms with Crippen LogP contribution in [0, 0.1) is 0 Å². The lowest BCUT2D eigenvalue weighted by Crippen LogP contribution is -1.97. The lowest BCUT2D eigenvalue weighted by molar-refractivity contribution is 0.619. The van der Waals surface area contributed by atoms with Crippen LogP contribution in [-0.4, -0.2) is 8.42 Å². The second-order valence-corrected chi connectivity index (χ2v) is 3.46. The third-order valence-electron chi connectivity index (χ3n) is 1.37. The number of thiol groups is 1. The van der Waals surface area contributed by atoms with Crippen molar-refractivity contribution in [1.82, 2.24) is 0 Å². The molecule has 0 bridgehead atoms. The molecule has 0 radical (unpaired) electrons. The van der Waals surface area contributed by atoms with Gasteiger partial charge in [-0.1, -0.05) is 34.1 Å². The minimum atomic E-state index is -2.57. The van der Waals surface area contributed by atoms with Crippen LogP contribution in [0.3, 0.4) is 0 Å². The second-order valence-electron chi connectivity index (χ2n) is 2.16. The molecule has 0 aromatic heterocycles. The van der Waals surface area contributed by atoms with Gasteiger partial charge in [-0.25, -0.2) is 8.42 Å². The third-order valence-corrected chi connectivity index (χ3v) is 2.40. The van der Waals surface area contributed by atoms with Crippen LogP contribution < -0.4 is 4.72 Å². The van der Waals surface area contributed by atoms with Gasteiger partial charge in [0.2, 0.25) is 10.9 Å². The molecule has 0 unspecified atom stereocenters. The molecule has 66 valence electrons. The number of para-hydroxylation sites is 1. The SMILES string of the molecule is O=[SH](=O)Nc1ccccc1CBr. The molecule has 0 atom stereocenters. The number of anilines is 1. The maximum absolute atomic E-state index is 10.3. The lowest BCUT2D eigenvalue weighted by Gasteiger charge is -2.03. The normalized spacial score (nSPS) is 10.2. The van der Waals surface area contributed by atoms with Crippen LogP contribution in [0.1, 0.15) is 5.56 Å². The van der Waals surface area contributed by atoms with Gasteiger partial charge in [0.05, 0.1) is 5.69 Å². The van der Waals surface area contributed by atoms with Crippen molar-refractivity contribution in [1.29, 1.82) is 0 Å². The van der Waals surface area contributed by atoms with Gasteiger partial charge in [0.1, 0.15) is 0 Å². The second kappa shape index (κ2) is 4.47. The predicted octanol–water partition coefficient (Wildman–Crippen LogP) is 1.52. The summed E-state index contributed by atoms with van der Waals surface area (Å²) in [6, 6.07) is 7.23. The number of benzene rings is 1. The van der Waals surface area contributed by atoms with E-state index in [2.05, 4.69) is 20.7 Å². The summed E-state index contributed by atoms with van der Waals surface area (Å²) in [5.41, 5.74) is 1.56. The molecule has 0 heterocycles. The van der Waals surface area contributed by atoms with Crippen LogP contribution >= 0.6 is 15.9 Å². The summed E-state index contributed by atoms with van der Waals surface area (Å²) in [5, 5.41) is 0.638. The highest BCUT2D eigenvalue weighted by atomic mass is 79.9. The Kier molecular flexibility index (Phi) is 3.55. The molecule has 0 aliphatic heterocycles. The summed E-state index contributed by atoms with van der Waals surface area (Å²) < 4.78 is 23.0. The van der Waals surface area contributed by atoms with E-state index < -0.39 is 10.9 Å². The van der Waals surface area contributed by atoms with Gasteiger partial charge in [0.15, 0.2) is 0 Å². The molecule has 1 rings (SSSR count). The first-order valence-corrected chi connectivity index (χ1v) is 5.59. The van der Waals surface area contributed by atoms with Crippen LogP contribution in [0.5, 0.6) is 0 Å². The van der Waals surface area contributed by atoms with Crippen molar-refractivity contribution in [3.63, 3.8) is 0 Å². The third kappa shape index (κ3) is 2.49. The summed E-state index contributed by atoms with van der Waals surface area (Å²) in [5.74, 6) is 0. The molecule has 0 aliphatic carbocycles. The maximum atomic E-state index is 10.3. The van der Waals surface area contributed by atoms with E-state index in [9.17, 15) is 8.42 Å². The van der Waals surface area contributed by atoms with E-state index in [0.717, 1.165) is 5.56 Å². The smallest absolute Gasteiger partial charge is 0.222 e. The molecule has 0 saturated carbocycles. The highest BCUT2D eigenvalue weighted by molar-refractivity contribution is 9.08. The number of hydrogen-bond donors (Lipinski definition) is 2. The van der Waals surface area contributed by atoms with Gasteiger partial charge in [-0.05, 0) is 11.6 Å². The molecule has 0 fully saturated rings. The zero-order valence-corrected chi connectivity index (χ0v) is 8.64. The van der Waals surface area contributed by atoms with Crippen molar-refractivity contribution in [2.75, 3.05) is 4.72 Å². The number of hydrogen-bond acceptors (Lipinski definition) is 2. The molecule has 1 aromatic carbocycles. The van der Waals surface area contributed by atoms with Gasteiger partial charge >= 0.3 is 0 Å². The van der Waals surface area contributed by atoms with Crippen LogP contribution in [0.2, 0.25) is 0 Å². The maximum Gasteiger partial charge on any atom is 0.222 e. The summed E-state index contributed by atoms with van der Waals surface area (Å²) in [6.45, 7) is 0. The fourth-order valence-corrected chi connectivity index (χ4v) is 1.75.